The van der Waals surface area contributed by atoms with Crippen LogP contribution in [0.3, 0.4) is 0 Å². The average molecular weight is 366 g/mol. The second-order valence-electron chi connectivity index (χ2n) is 7.34. The SMILES string of the molecule is Cl.Cl.NC1C2CCC(C2)C1C(=O)NCCCN1CCCCCC1. The Bertz CT molecular complexity index is 360. The fraction of sp³-hybridized carbons (Fsp3) is 0.941. The number of carbonyl (C=O) groups is 1. The summed E-state index contributed by atoms with van der Waals surface area (Å²) in [4.78, 5) is 14.9. The number of carbonyl (C=O) groups excluding carboxylic acids is 1. The van der Waals surface area contributed by atoms with Gasteiger partial charge in [0.25, 0.3) is 0 Å². The zero-order chi connectivity index (χ0) is 14.7. The quantitative estimate of drug-likeness (QED) is 0.736. The van der Waals surface area contributed by atoms with Gasteiger partial charge in [-0.05, 0) is 70.0 Å². The number of amides is 1. The molecule has 0 aromatic rings. The first-order valence-corrected chi connectivity index (χ1v) is 9.01. The number of likely N-dealkylation sites (tertiary alicyclic amines) is 1. The van der Waals surface area contributed by atoms with E-state index >= 15 is 0 Å². The molecule has 0 radical (unpaired) electrons. The summed E-state index contributed by atoms with van der Waals surface area (Å²) < 4.78 is 0. The van der Waals surface area contributed by atoms with Gasteiger partial charge in [-0.2, -0.15) is 0 Å². The van der Waals surface area contributed by atoms with E-state index in [0.717, 1.165) is 19.5 Å². The monoisotopic (exact) mass is 365 g/mol. The molecule has 6 heteroatoms. The summed E-state index contributed by atoms with van der Waals surface area (Å²) in [7, 11) is 0. The van der Waals surface area contributed by atoms with Crippen molar-refractivity contribution in [1.82, 2.24) is 10.2 Å². The van der Waals surface area contributed by atoms with Gasteiger partial charge in [0, 0.05) is 12.6 Å². The molecule has 136 valence electrons. The lowest BCUT2D eigenvalue weighted by atomic mass is 9.84. The third-order valence-electron chi connectivity index (χ3n) is 5.93. The fourth-order valence-corrected chi connectivity index (χ4v) is 4.72. The lowest BCUT2D eigenvalue weighted by Crippen LogP contribution is -2.45. The van der Waals surface area contributed by atoms with E-state index in [1.807, 2.05) is 0 Å². The molecule has 0 aromatic heterocycles. The van der Waals surface area contributed by atoms with Crippen LogP contribution in [-0.4, -0.2) is 43.0 Å². The van der Waals surface area contributed by atoms with E-state index < -0.39 is 0 Å². The topological polar surface area (TPSA) is 58.4 Å². The predicted octanol–water partition coefficient (Wildman–Crippen LogP) is 2.59. The van der Waals surface area contributed by atoms with Gasteiger partial charge >= 0.3 is 0 Å². The summed E-state index contributed by atoms with van der Waals surface area (Å²) in [6, 6.07) is 0.120. The van der Waals surface area contributed by atoms with Crippen molar-refractivity contribution in [2.45, 2.75) is 57.4 Å². The van der Waals surface area contributed by atoms with E-state index in [-0.39, 0.29) is 42.7 Å². The summed E-state index contributed by atoms with van der Waals surface area (Å²) in [6.45, 7) is 4.43. The minimum atomic E-state index is 0. The van der Waals surface area contributed by atoms with Crippen molar-refractivity contribution in [3.63, 3.8) is 0 Å². The van der Waals surface area contributed by atoms with E-state index in [9.17, 15) is 4.79 Å². The highest BCUT2D eigenvalue weighted by Gasteiger charge is 2.48. The molecule has 3 N–H and O–H groups in total. The first-order valence-electron chi connectivity index (χ1n) is 9.01. The number of rotatable bonds is 5. The largest absolute Gasteiger partial charge is 0.356 e. The number of hydrogen-bond acceptors (Lipinski definition) is 3. The number of hydrogen-bond donors (Lipinski definition) is 2. The van der Waals surface area contributed by atoms with Crippen molar-refractivity contribution in [3.05, 3.63) is 0 Å². The Kier molecular flexibility index (Phi) is 9.20. The molecule has 1 aliphatic heterocycles. The van der Waals surface area contributed by atoms with Crippen molar-refractivity contribution < 1.29 is 4.79 Å². The molecule has 1 heterocycles. The number of nitrogens with one attached hydrogen (secondary N) is 1. The van der Waals surface area contributed by atoms with Crippen molar-refractivity contribution in [1.29, 1.82) is 0 Å². The number of nitrogens with two attached hydrogens (primary N) is 1. The Labute approximate surface area is 153 Å². The molecule has 3 rings (SSSR count). The van der Waals surface area contributed by atoms with Crippen molar-refractivity contribution >= 4 is 30.7 Å². The smallest absolute Gasteiger partial charge is 0.224 e. The lowest BCUT2D eigenvalue weighted by molar-refractivity contribution is -0.127. The predicted molar refractivity (Wildman–Crippen MR) is 99.3 cm³/mol. The van der Waals surface area contributed by atoms with Crippen molar-refractivity contribution in [3.8, 4) is 0 Å². The molecule has 3 fully saturated rings. The number of halogens is 2. The van der Waals surface area contributed by atoms with Gasteiger partial charge in [0.15, 0.2) is 0 Å². The van der Waals surface area contributed by atoms with Crippen LogP contribution in [0.4, 0.5) is 0 Å². The standard InChI is InChI=1S/C17H31N3O.2ClH/c18-16-14-7-6-13(12-14)15(16)17(21)19-8-5-11-20-9-3-1-2-4-10-20;;/h13-16H,1-12,18H2,(H,19,21);2*1H. The molecule has 3 aliphatic rings. The van der Waals surface area contributed by atoms with Crippen LogP contribution in [0.15, 0.2) is 0 Å². The Morgan fingerprint density at radius 3 is 2.30 bits per heavy atom. The Morgan fingerprint density at radius 2 is 1.70 bits per heavy atom. The van der Waals surface area contributed by atoms with Gasteiger partial charge in [0.2, 0.25) is 5.91 Å². The zero-order valence-corrected chi connectivity index (χ0v) is 15.7. The Morgan fingerprint density at radius 1 is 1.04 bits per heavy atom. The second-order valence-corrected chi connectivity index (χ2v) is 7.34. The van der Waals surface area contributed by atoms with Gasteiger partial charge in [-0.3, -0.25) is 4.79 Å². The number of nitrogens with zero attached hydrogens (tertiary/aromatic N) is 1. The molecule has 4 nitrogen and oxygen atoms in total. The maximum atomic E-state index is 12.3. The first kappa shape index (κ1) is 21.0. The van der Waals surface area contributed by atoms with Crippen LogP contribution in [0.25, 0.3) is 0 Å². The lowest BCUT2D eigenvalue weighted by Gasteiger charge is -2.27. The van der Waals surface area contributed by atoms with Gasteiger partial charge in [0.05, 0.1) is 5.92 Å². The zero-order valence-electron chi connectivity index (χ0n) is 14.0. The summed E-state index contributed by atoms with van der Waals surface area (Å²) in [5.41, 5.74) is 6.23. The van der Waals surface area contributed by atoms with Crippen LogP contribution in [0.1, 0.15) is 51.4 Å². The van der Waals surface area contributed by atoms with Gasteiger partial charge in [0.1, 0.15) is 0 Å². The van der Waals surface area contributed by atoms with Gasteiger partial charge in [-0.1, -0.05) is 12.8 Å². The molecule has 1 amide bonds. The van der Waals surface area contributed by atoms with E-state index in [0.29, 0.717) is 11.8 Å². The van der Waals surface area contributed by atoms with Crippen LogP contribution in [0.2, 0.25) is 0 Å². The van der Waals surface area contributed by atoms with E-state index in [4.69, 9.17) is 5.73 Å². The van der Waals surface area contributed by atoms with Crippen LogP contribution in [-0.2, 0) is 4.79 Å². The highest BCUT2D eigenvalue weighted by atomic mass is 35.5. The molecule has 0 aromatic carbocycles. The highest BCUT2D eigenvalue weighted by Crippen LogP contribution is 2.47. The van der Waals surface area contributed by atoms with Crippen LogP contribution < -0.4 is 11.1 Å². The van der Waals surface area contributed by atoms with Crippen LogP contribution in [0, 0.1) is 17.8 Å². The third-order valence-corrected chi connectivity index (χ3v) is 5.93. The summed E-state index contributed by atoms with van der Waals surface area (Å²) in [5.74, 6) is 1.51. The molecule has 0 spiro atoms. The highest BCUT2D eigenvalue weighted by molar-refractivity contribution is 5.85. The Hall–Kier alpha value is -0.0300. The van der Waals surface area contributed by atoms with E-state index in [1.165, 1.54) is 58.0 Å². The normalized spacial score (nSPS) is 33.4. The van der Waals surface area contributed by atoms with Gasteiger partial charge in [-0.25, -0.2) is 0 Å². The molecule has 2 aliphatic carbocycles. The maximum Gasteiger partial charge on any atom is 0.224 e. The molecule has 23 heavy (non-hydrogen) atoms. The van der Waals surface area contributed by atoms with Gasteiger partial charge < -0.3 is 16.0 Å². The number of fused-ring (bicyclic) bond motifs is 2. The average Bonchev–Trinajstić information content (AvgIpc) is 2.96. The van der Waals surface area contributed by atoms with Crippen molar-refractivity contribution in [2.75, 3.05) is 26.2 Å². The molecule has 2 saturated carbocycles. The summed E-state index contributed by atoms with van der Waals surface area (Å²) in [5, 5.41) is 3.15. The van der Waals surface area contributed by atoms with Crippen LogP contribution in [0.5, 0.6) is 0 Å². The van der Waals surface area contributed by atoms with E-state index in [2.05, 4.69) is 10.2 Å². The maximum absolute atomic E-state index is 12.3. The molecular weight excluding hydrogens is 333 g/mol. The van der Waals surface area contributed by atoms with Crippen molar-refractivity contribution in [2.24, 2.45) is 23.5 Å². The summed E-state index contributed by atoms with van der Waals surface area (Å²) >= 11 is 0. The van der Waals surface area contributed by atoms with Gasteiger partial charge in [-0.15, -0.1) is 24.8 Å². The molecule has 4 unspecified atom stereocenters. The minimum Gasteiger partial charge on any atom is -0.356 e. The van der Waals surface area contributed by atoms with Crippen LogP contribution >= 0.6 is 24.8 Å². The molecule has 1 saturated heterocycles. The summed E-state index contributed by atoms with van der Waals surface area (Å²) in [6.07, 6.45) is 10.2. The molecule has 4 atom stereocenters. The van der Waals surface area contributed by atoms with E-state index in [1.54, 1.807) is 0 Å². The third kappa shape index (κ3) is 5.22. The minimum absolute atomic E-state index is 0. The second kappa shape index (κ2) is 10.1. The molecular formula is C17H33Cl2N3O. The first-order chi connectivity index (χ1) is 10.3. The molecule has 2 bridgehead atoms. The fourth-order valence-electron chi connectivity index (χ4n) is 4.72. The Balaban J connectivity index is 0.00000132.